The number of aromatic nitrogens is 2. The van der Waals surface area contributed by atoms with Gasteiger partial charge in [0.1, 0.15) is 17.3 Å². The maximum atomic E-state index is 12.5. The summed E-state index contributed by atoms with van der Waals surface area (Å²) in [5.41, 5.74) is 2.73. The van der Waals surface area contributed by atoms with Crippen LogP contribution in [0, 0.1) is 13.8 Å². The van der Waals surface area contributed by atoms with E-state index in [4.69, 9.17) is 11.6 Å². The van der Waals surface area contributed by atoms with E-state index in [0.29, 0.717) is 22.4 Å². The fraction of sp³-hybridized carbons (Fsp3) is 0.105. The molecule has 25 heavy (non-hydrogen) atoms. The number of nitrogens with one attached hydrogen (secondary N) is 2. The normalized spacial score (nSPS) is 10.4. The van der Waals surface area contributed by atoms with Crippen molar-refractivity contribution in [2.75, 3.05) is 10.6 Å². The molecular formula is C19H17ClN4O. The molecule has 0 bridgehead atoms. The van der Waals surface area contributed by atoms with Gasteiger partial charge in [0, 0.05) is 11.8 Å². The summed E-state index contributed by atoms with van der Waals surface area (Å²) < 4.78 is 0. The molecule has 5 nitrogen and oxygen atoms in total. The predicted molar refractivity (Wildman–Crippen MR) is 101 cm³/mol. The van der Waals surface area contributed by atoms with Crippen molar-refractivity contribution in [3.8, 4) is 0 Å². The molecule has 2 N–H and O–H groups in total. The highest BCUT2D eigenvalue weighted by Crippen LogP contribution is 2.24. The lowest BCUT2D eigenvalue weighted by molar-refractivity contribution is 0.102. The van der Waals surface area contributed by atoms with Gasteiger partial charge in [0.2, 0.25) is 0 Å². The zero-order valence-corrected chi connectivity index (χ0v) is 14.6. The van der Waals surface area contributed by atoms with Crippen molar-refractivity contribution in [3.63, 3.8) is 0 Å². The van der Waals surface area contributed by atoms with E-state index in [-0.39, 0.29) is 11.6 Å². The van der Waals surface area contributed by atoms with Gasteiger partial charge in [-0.05, 0) is 37.6 Å². The number of carbonyl (C=O) groups excluding carboxylic acids is 1. The van der Waals surface area contributed by atoms with E-state index >= 15 is 0 Å². The minimum absolute atomic E-state index is 0.283. The average Bonchev–Trinajstić information content (AvgIpc) is 2.58. The zero-order valence-electron chi connectivity index (χ0n) is 13.9. The Hall–Kier alpha value is -2.92. The topological polar surface area (TPSA) is 66.9 Å². The summed E-state index contributed by atoms with van der Waals surface area (Å²) in [5, 5.41) is 6.57. The summed E-state index contributed by atoms with van der Waals surface area (Å²) in [7, 11) is 0. The lowest BCUT2D eigenvalue weighted by atomic mass is 10.2. The van der Waals surface area contributed by atoms with E-state index < -0.39 is 0 Å². The maximum Gasteiger partial charge on any atom is 0.274 e. The molecule has 3 rings (SSSR count). The van der Waals surface area contributed by atoms with Crippen LogP contribution < -0.4 is 10.6 Å². The van der Waals surface area contributed by atoms with Crippen LogP contribution in [0.1, 0.15) is 21.9 Å². The molecule has 0 unspecified atom stereocenters. The third-order valence-electron chi connectivity index (χ3n) is 3.60. The highest BCUT2D eigenvalue weighted by molar-refractivity contribution is 6.33. The first-order valence-electron chi connectivity index (χ1n) is 7.77. The third-order valence-corrected chi connectivity index (χ3v) is 3.93. The van der Waals surface area contributed by atoms with Crippen LogP contribution in [-0.2, 0) is 0 Å². The van der Waals surface area contributed by atoms with E-state index in [2.05, 4.69) is 20.6 Å². The number of hydrogen-bond acceptors (Lipinski definition) is 4. The number of aryl methyl sites for hydroxylation is 2. The van der Waals surface area contributed by atoms with Crippen LogP contribution in [0.2, 0.25) is 5.02 Å². The van der Waals surface area contributed by atoms with E-state index in [1.165, 1.54) is 0 Å². The number of carbonyl (C=O) groups is 1. The molecule has 0 aliphatic rings. The van der Waals surface area contributed by atoms with Crippen LogP contribution in [0.4, 0.5) is 17.2 Å². The second-order valence-electron chi connectivity index (χ2n) is 5.56. The number of benzene rings is 2. The van der Waals surface area contributed by atoms with E-state index in [0.717, 1.165) is 11.3 Å². The largest absolute Gasteiger partial charge is 0.339 e. The maximum absolute atomic E-state index is 12.5. The summed E-state index contributed by atoms with van der Waals surface area (Å²) in [5.74, 6) is 0.713. The second-order valence-corrected chi connectivity index (χ2v) is 5.97. The first-order valence-corrected chi connectivity index (χ1v) is 8.15. The highest BCUT2D eigenvalue weighted by atomic mass is 35.5. The van der Waals surface area contributed by atoms with Crippen molar-refractivity contribution >= 4 is 34.7 Å². The van der Waals surface area contributed by atoms with Crippen molar-refractivity contribution in [1.29, 1.82) is 0 Å². The number of halogens is 1. The lowest BCUT2D eigenvalue weighted by Gasteiger charge is -2.11. The summed E-state index contributed by atoms with van der Waals surface area (Å²) in [6, 6.07) is 16.5. The Bertz CT molecular complexity index is 927. The molecule has 0 aliphatic carbocycles. The van der Waals surface area contributed by atoms with Crippen LogP contribution in [0.5, 0.6) is 0 Å². The van der Waals surface area contributed by atoms with Gasteiger partial charge in [0.15, 0.2) is 0 Å². The molecule has 0 spiro atoms. The number of nitrogens with zero attached hydrogens (tertiary/aromatic N) is 2. The van der Waals surface area contributed by atoms with E-state index in [9.17, 15) is 4.79 Å². The van der Waals surface area contributed by atoms with Gasteiger partial charge in [0.05, 0.1) is 10.7 Å². The molecule has 0 saturated carbocycles. The molecule has 0 aliphatic heterocycles. The Morgan fingerprint density at radius 1 is 0.960 bits per heavy atom. The molecular weight excluding hydrogens is 336 g/mol. The second kappa shape index (κ2) is 7.32. The lowest BCUT2D eigenvalue weighted by Crippen LogP contribution is -2.16. The fourth-order valence-electron chi connectivity index (χ4n) is 2.35. The van der Waals surface area contributed by atoms with Gasteiger partial charge in [-0.15, -0.1) is 0 Å². The predicted octanol–water partition coefficient (Wildman–Crippen LogP) is 4.74. The quantitative estimate of drug-likeness (QED) is 0.711. The Morgan fingerprint density at radius 3 is 2.36 bits per heavy atom. The van der Waals surface area contributed by atoms with Crippen molar-refractivity contribution in [2.45, 2.75) is 13.8 Å². The minimum atomic E-state index is -0.290. The number of para-hydroxylation sites is 2. The monoisotopic (exact) mass is 352 g/mol. The molecule has 0 fully saturated rings. The van der Waals surface area contributed by atoms with Crippen LogP contribution in [0.15, 0.2) is 54.6 Å². The molecule has 2 aromatic carbocycles. The van der Waals surface area contributed by atoms with Gasteiger partial charge < -0.3 is 10.6 Å². The molecule has 1 amide bonds. The molecule has 6 heteroatoms. The number of hydrogen-bond donors (Lipinski definition) is 2. The first kappa shape index (κ1) is 16.9. The Morgan fingerprint density at radius 2 is 1.64 bits per heavy atom. The van der Waals surface area contributed by atoms with Gasteiger partial charge in [-0.3, -0.25) is 4.79 Å². The molecule has 1 heterocycles. The summed E-state index contributed by atoms with van der Waals surface area (Å²) >= 11 is 6.16. The molecule has 0 atom stereocenters. The number of anilines is 3. The smallest absolute Gasteiger partial charge is 0.274 e. The van der Waals surface area contributed by atoms with Crippen molar-refractivity contribution in [1.82, 2.24) is 9.97 Å². The van der Waals surface area contributed by atoms with Crippen LogP contribution in [0.3, 0.4) is 0 Å². The summed E-state index contributed by atoms with van der Waals surface area (Å²) in [4.78, 5) is 21.1. The minimum Gasteiger partial charge on any atom is -0.339 e. The van der Waals surface area contributed by atoms with Gasteiger partial charge in [-0.25, -0.2) is 9.97 Å². The third kappa shape index (κ3) is 4.14. The zero-order chi connectivity index (χ0) is 17.8. The standard InChI is InChI=1S/C19H17ClN4O/c1-12-7-3-5-9-15(12)24-19(25)17-11-18(22-13(2)21-17)23-16-10-6-4-8-14(16)20/h3-11H,1-2H3,(H,24,25)(H,21,22,23). The highest BCUT2D eigenvalue weighted by Gasteiger charge is 2.12. The molecule has 126 valence electrons. The van der Waals surface area contributed by atoms with Gasteiger partial charge in [-0.2, -0.15) is 0 Å². The number of amides is 1. The Labute approximate surface area is 151 Å². The Kier molecular flexibility index (Phi) is 4.95. The summed E-state index contributed by atoms with van der Waals surface area (Å²) in [6.07, 6.45) is 0. The van der Waals surface area contributed by atoms with Crippen LogP contribution in [0.25, 0.3) is 0 Å². The van der Waals surface area contributed by atoms with Gasteiger partial charge in [0.25, 0.3) is 5.91 Å². The average molecular weight is 353 g/mol. The van der Waals surface area contributed by atoms with Gasteiger partial charge >= 0.3 is 0 Å². The SMILES string of the molecule is Cc1nc(Nc2ccccc2Cl)cc(C(=O)Nc2ccccc2C)n1. The van der Waals surface area contributed by atoms with E-state index in [1.54, 1.807) is 19.1 Å². The van der Waals surface area contributed by atoms with Crippen molar-refractivity contribution in [3.05, 3.63) is 76.7 Å². The fourth-order valence-corrected chi connectivity index (χ4v) is 2.53. The van der Waals surface area contributed by atoms with E-state index in [1.807, 2.05) is 49.4 Å². The summed E-state index contributed by atoms with van der Waals surface area (Å²) in [6.45, 7) is 3.67. The molecule has 3 aromatic rings. The van der Waals surface area contributed by atoms with Crippen LogP contribution in [-0.4, -0.2) is 15.9 Å². The molecule has 1 aromatic heterocycles. The molecule has 0 saturated heterocycles. The molecule has 0 radical (unpaired) electrons. The van der Waals surface area contributed by atoms with Crippen LogP contribution >= 0.6 is 11.6 Å². The van der Waals surface area contributed by atoms with Crippen molar-refractivity contribution < 1.29 is 4.79 Å². The number of rotatable bonds is 4. The Balaban J connectivity index is 1.85. The van der Waals surface area contributed by atoms with Crippen molar-refractivity contribution in [2.24, 2.45) is 0 Å². The first-order chi connectivity index (χ1) is 12.0. The van der Waals surface area contributed by atoms with Gasteiger partial charge in [-0.1, -0.05) is 41.9 Å².